The van der Waals surface area contributed by atoms with E-state index < -0.39 is 17.6 Å². The number of carbonyl (C=O) groups is 2. The molecule has 1 aromatic rings. The highest BCUT2D eigenvalue weighted by Crippen LogP contribution is 2.02. The quantitative estimate of drug-likeness (QED) is 0.645. The summed E-state index contributed by atoms with van der Waals surface area (Å²) in [6.07, 6.45) is 0.366. The van der Waals surface area contributed by atoms with Gasteiger partial charge in [0.2, 0.25) is 11.6 Å². The van der Waals surface area contributed by atoms with Crippen molar-refractivity contribution in [2.75, 3.05) is 6.54 Å². The molecular weight excluding hydrogens is 192 g/mol. The Balaban J connectivity index is 2.60. The molecule has 4 N–H and O–H groups in total. The monoisotopic (exact) mass is 206 g/mol. The van der Waals surface area contributed by atoms with E-state index in [0.717, 1.165) is 5.56 Å². The Morgan fingerprint density at radius 3 is 2.33 bits per heavy atom. The number of nitrogens with two attached hydrogens (primary N) is 2. The van der Waals surface area contributed by atoms with Crippen LogP contribution in [-0.4, -0.2) is 24.2 Å². The van der Waals surface area contributed by atoms with Crippen LogP contribution in [0.5, 0.6) is 0 Å². The molecule has 1 aromatic carbocycles. The molecule has 0 aliphatic heterocycles. The molecule has 1 unspecified atom stereocenters. The van der Waals surface area contributed by atoms with Crippen LogP contribution >= 0.6 is 0 Å². The second-order valence-corrected chi connectivity index (χ2v) is 3.29. The summed E-state index contributed by atoms with van der Waals surface area (Å²) < 4.78 is 0. The molecule has 4 nitrogen and oxygen atoms in total. The van der Waals surface area contributed by atoms with E-state index >= 15 is 0 Å². The summed E-state index contributed by atoms with van der Waals surface area (Å²) in [7, 11) is 0. The van der Waals surface area contributed by atoms with Gasteiger partial charge in [-0.3, -0.25) is 9.59 Å². The van der Waals surface area contributed by atoms with Crippen molar-refractivity contribution in [2.24, 2.45) is 11.5 Å². The average molecular weight is 206 g/mol. The number of hydrogen-bond donors (Lipinski definition) is 2. The van der Waals surface area contributed by atoms with E-state index in [9.17, 15) is 9.59 Å². The molecule has 0 fully saturated rings. The van der Waals surface area contributed by atoms with Crippen LogP contribution in [0.4, 0.5) is 0 Å². The number of Topliss-reactive ketones (excluding diaryl/α,β-unsaturated/α-hetero) is 2. The Hall–Kier alpha value is -1.52. The molecule has 15 heavy (non-hydrogen) atoms. The molecule has 0 aliphatic carbocycles. The highest BCUT2D eigenvalue weighted by molar-refractivity contribution is 6.39. The Morgan fingerprint density at radius 2 is 1.80 bits per heavy atom. The summed E-state index contributed by atoms with van der Waals surface area (Å²) in [6, 6.07) is 8.53. The average Bonchev–Trinajstić information content (AvgIpc) is 2.28. The van der Waals surface area contributed by atoms with Crippen molar-refractivity contribution >= 4 is 11.6 Å². The SMILES string of the molecule is NCC(=O)C(=O)C(N)Cc1ccccc1. The van der Waals surface area contributed by atoms with Gasteiger partial charge in [0, 0.05) is 0 Å². The van der Waals surface area contributed by atoms with Crippen LogP contribution in [0.2, 0.25) is 0 Å². The molecule has 4 heteroatoms. The molecular formula is C11H14N2O2. The summed E-state index contributed by atoms with van der Waals surface area (Å²) in [5, 5.41) is 0. The maximum atomic E-state index is 11.3. The van der Waals surface area contributed by atoms with Gasteiger partial charge in [0.1, 0.15) is 0 Å². The minimum absolute atomic E-state index is 0.276. The second-order valence-electron chi connectivity index (χ2n) is 3.29. The first-order valence-corrected chi connectivity index (χ1v) is 4.71. The van der Waals surface area contributed by atoms with Gasteiger partial charge in [-0.25, -0.2) is 0 Å². The number of ketones is 2. The number of rotatable bonds is 5. The zero-order valence-corrected chi connectivity index (χ0v) is 8.35. The molecule has 0 aromatic heterocycles. The molecule has 0 aliphatic rings. The van der Waals surface area contributed by atoms with E-state index in [-0.39, 0.29) is 6.54 Å². The zero-order chi connectivity index (χ0) is 11.3. The van der Waals surface area contributed by atoms with Gasteiger partial charge in [0.25, 0.3) is 0 Å². The Morgan fingerprint density at radius 1 is 1.20 bits per heavy atom. The van der Waals surface area contributed by atoms with Crippen molar-refractivity contribution in [2.45, 2.75) is 12.5 Å². The van der Waals surface area contributed by atoms with Gasteiger partial charge >= 0.3 is 0 Å². The first-order valence-electron chi connectivity index (χ1n) is 4.71. The maximum absolute atomic E-state index is 11.3. The van der Waals surface area contributed by atoms with E-state index in [2.05, 4.69) is 0 Å². The molecule has 1 atom stereocenters. The Bertz CT molecular complexity index is 349. The van der Waals surface area contributed by atoms with Crippen molar-refractivity contribution in [1.29, 1.82) is 0 Å². The van der Waals surface area contributed by atoms with E-state index in [1.54, 1.807) is 0 Å². The van der Waals surface area contributed by atoms with Gasteiger partial charge in [-0.2, -0.15) is 0 Å². The number of carbonyl (C=O) groups excluding carboxylic acids is 2. The smallest absolute Gasteiger partial charge is 0.216 e. The molecule has 0 radical (unpaired) electrons. The second kappa shape index (κ2) is 5.38. The van der Waals surface area contributed by atoms with E-state index in [1.165, 1.54) is 0 Å². The summed E-state index contributed by atoms with van der Waals surface area (Å²) in [5.41, 5.74) is 11.6. The Labute approximate surface area is 88.3 Å². The molecule has 0 saturated carbocycles. The predicted octanol–water partition coefficient (Wildman–Crippen LogP) is -0.347. The highest BCUT2D eigenvalue weighted by Gasteiger charge is 2.20. The van der Waals surface area contributed by atoms with Gasteiger partial charge in [-0.15, -0.1) is 0 Å². The first-order chi connectivity index (χ1) is 7.15. The van der Waals surface area contributed by atoms with Crippen molar-refractivity contribution in [3.63, 3.8) is 0 Å². The van der Waals surface area contributed by atoms with Crippen LogP contribution in [0.1, 0.15) is 5.56 Å². The van der Waals surface area contributed by atoms with E-state index in [1.807, 2.05) is 30.3 Å². The van der Waals surface area contributed by atoms with Crippen LogP contribution in [-0.2, 0) is 16.0 Å². The summed E-state index contributed by atoms with van der Waals surface area (Å²) in [5.74, 6) is -1.21. The van der Waals surface area contributed by atoms with Gasteiger partial charge < -0.3 is 11.5 Å². The highest BCUT2D eigenvalue weighted by atomic mass is 16.2. The van der Waals surface area contributed by atoms with Crippen molar-refractivity contribution in [3.05, 3.63) is 35.9 Å². The molecule has 80 valence electrons. The first kappa shape index (κ1) is 11.6. The van der Waals surface area contributed by atoms with Crippen LogP contribution < -0.4 is 11.5 Å². The third-order valence-corrected chi connectivity index (χ3v) is 2.10. The normalized spacial score (nSPS) is 12.1. The van der Waals surface area contributed by atoms with Gasteiger partial charge in [0.05, 0.1) is 12.6 Å². The lowest BCUT2D eigenvalue weighted by atomic mass is 10.0. The standard InChI is InChI=1S/C11H14N2O2/c12-7-10(14)11(15)9(13)6-8-4-2-1-3-5-8/h1-5,9H,6-7,12-13H2. The zero-order valence-electron chi connectivity index (χ0n) is 8.35. The van der Waals surface area contributed by atoms with Gasteiger partial charge in [0.15, 0.2) is 0 Å². The van der Waals surface area contributed by atoms with Crippen LogP contribution in [0.25, 0.3) is 0 Å². The topological polar surface area (TPSA) is 86.2 Å². The fourth-order valence-electron chi connectivity index (χ4n) is 1.27. The molecule has 0 bridgehead atoms. The Kier molecular flexibility index (Phi) is 4.15. The number of benzene rings is 1. The number of hydrogen-bond acceptors (Lipinski definition) is 4. The minimum atomic E-state index is -0.788. The van der Waals surface area contributed by atoms with E-state index in [0.29, 0.717) is 6.42 Å². The largest absolute Gasteiger partial charge is 0.324 e. The van der Waals surface area contributed by atoms with E-state index in [4.69, 9.17) is 11.5 Å². The summed E-state index contributed by atoms with van der Waals surface area (Å²) in [6.45, 7) is -0.276. The lowest BCUT2D eigenvalue weighted by molar-refractivity contribution is -0.136. The molecule has 1 rings (SSSR count). The van der Waals surface area contributed by atoms with Crippen molar-refractivity contribution in [3.8, 4) is 0 Å². The fraction of sp³-hybridized carbons (Fsp3) is 0.273. The van der Waals surface area contributed by atoms with Gasteiger partial charge in [-0.05, 0) is 12.0 Å². The summed E-state index contributed by atoms with van der Waals surface area (Å²) in [4.78, 5) is 22.3. The third-order valence-electron chi connectivity index (χ3n) is 2.10. The van der Waals surface area contributed by atoms with Crippen LogP contribution in [0, 0.1) is 0 Å². The lowest BCUT2D eigenvalue weighted by Gasteiger charge is -2.08. The summed E-state index contributed by atoms with van der Waals surface area (Å²) >= 11 is 0. The third kappa shape index (κ3) is 3.27. The van der Waals surface area contributed by atoms with Crippen LogP contribution in [0.15, 0.2) is 30.3 Å². The van der Waals surface area contributed by atoms with Crippen LogP contribution in [0.3, 0.4) is 0 Å². The van der Waals surface area contributed by atoms with Crippen molar-refractivity contribution in [1.82, 2.24) is 0 Å². The molecule has 0 saturated heterocycles. The fourth-order valence-corrected chi connectivity index (χ4v) is 1.27. The van der Waals surface area contributed by atoms with Crippen molar-refractivity contribution < 1.29 is 9.59 Å². The molecule has 0 heterocycles. The molecule has 0 amide bonds. The van der Waals surface area contributed by atoms with Gasteiger partial charge in [-0.1, -0.05) is 30.3 Å². The lowest BCUT2D eigenvalue weighted by Crippen LogP contribution is -2.40. The molecule has 0 spiro atoms. The predicted molar refractivity (Wildman–Crippen MR) is 57.2 cm³/mol. The minimum Gasteiger partial charge on any atom is -0.324 e. The maximum Gasteiger partial charge on any atom is 0.216 e.